The van der Waals surface area contributed by atoms with Crippen molar-refractivity contribution in [1.82, 2.24) is 5.32 Å². The zero-order valence-electron chi connectivity index (χ0n) is 11.1. The molecule has 5 nitrogen and oxygen atoms in total. The van der Waals surface area contributed by atoms with E-state index in [2.05, 4.69) is 5.32 Å². The summed E-state index contributed by atoms with van der Waals surface area (Å²) in [5.74, 6) is 1.31. The summed E-state index contributed by atoms with van der Waals surface area (Å²) in [5.41, 5.74) is 6.72. The lowest BCUT2D eigenvalue weighted by Crippen LogP contribution is -2.36. The SMILES string of the molecule is CCCNC(=O)C(CN)Cc1ccc2c(c1)OCO2. The van der Waals surface area contributed by atoms with Gasteiger partial charge in [-0.05, 0) is 30.5 Å². The summed E-state index contributed by atoms with van der Waals surface area (Å²) in [6.07, 6.45) is 1.54. The molecule has 104 valence electrons. The molecule has 0 saturated heterocycles. The molecule has 5 heteroatoms. The Balaban J connectivity index is 2.00. The highest BCUT2D eigenvalue weighted by atomic mass is 16.7. The van der Waals surface area contributed by atoms with Crippen LogP contribution in [0, 0.1) is 5.92 Å². The van der Waals surface area contributed by atoms with E-state index < -0.39 is 0 Å². The third-order valence-electron chi connectivity index (χ3n) is 3.12. The molecule has 3 N–H and O–H groups in total. The molecule has 19 heavy (non-hydrogen) atoms. The van der Waals surface area contributed by atoms with Crippen LogP contribution in [0.5, 0.6) is 11.5 Å². The first-order valence-electron chi connectivity index (χ1n) is 6.61. The third-order valence-corrected chi connectivity index (χ3v) is 3.12. The molecular formula is C14H20N2O3. The fraction of sp³-hybridized carbons (Fsp3) is 0.500. The summed E-state index contributed by atoms with van der Waals surface area (Å²) in [6.45, 7) is 3.31. The zero-order chi connectivity index (χ0) is 13.7. The van der Waals surface area contributed by atoms with Crippen molar-refractivity contribution < 1.29 is 14.3 Å². The van der Waals surface area contributed by atoms with Crippen molar-refractivity contribution in [1.29, 1.82) is 0 Å². The fourth-order valence-electron chi connectivity index (χ4n) is 2.03. The van der Waals surface area contributed by atoms with E-state index >= 15 is 0 Å². The van der Waals surface area contributed by atoms with Crippen LogP contribution >= 0.6 is 0 Å². The number of fused-ring (bicyclic) bond motifs is 1. The predicted molar refractivity (Wildman–Crippen MR) is 72.1 cm³/mol. The molecule has 1 aromatic carbocycles. The number of hydrogen-bond donors (Lipinski definition) is 2. The Kier molecular flexibility index (Phi) is 4.63. The van der Waals surface area contributed by atoms with E-state index in [9.17, 15) is 4.79 Å². The Morgan fingerprint density at radius 1 is 1.42 bits per heavy atom. The van der Waals surface area contributed by atoms with E-state index in [0.29, 0.717) is 19.5 Å². The van der Waals surface area contributed by atoms with Gasteiger partial charge in [0.1, 0.15) is 0 Å². The van der Waals surface area contributed by atoms with E-state index in [-0.39, 0.29) is 18.6 Å². The van der Waals surface area contributed by atoms with Crippen molar-refractivity contribution in [3.63, 3.8) is 0 Å². The van der Waals surface area contributed by atoms with Gasteiger partial charge in [0.25, 0.3) is 0 Å². The Bertz CT molecular complexity index is 448. The van der Waals surface area contributed by atoms with Crippen LogP contribution in [0.15, 0.2) is 18.2 Å². The minimum atomic E-state index is -0.202. The maximum Gasteiger partial charge on any atom is 0.231 e. The van der Waals surface area contributed by atoms with Gasteiger partial charge in [-0.2, -0.15) is 0 Å². The monoisotopic (exact) mass is 264 g/mol. The standard InChI is InChI=1S/C14H20N2O3/c1-2-5-16-14(17)11(8-15)6-10-3-4-12-13(7-10)19-9-18-12/h3-4,7,11H,2,5-6,8-9,15H2,1H3,(H,16,17). The van der Waals surface area contributed by atoms with Crippen molar-refractivity contribution in [3.8, 4) is 11.5 Å². The number of rotatable bonds is 6. The Morgan fingerprint density at radius 2 is 2.21 bits per heavy atom. The Labute approximate surface area is 113 Å². The number of benzene rings is 1. The highest BCUT2D eigenvalue weighted by Crippen LogP contribution is 2.33. The van der Waals surface area contributed by atoms with Gasteiger partial charge in [0, 0.05) is 13.1 Å². The van der Waals surface area contributed by atoms with Crippen molar-refractivity contribution in [2.45, 2.75) is 19.8 Å². The van der Waals surface area contributed by atoms with E-state index in [0.717, 1.165) is 23.5 Å². The molecule has 0 fully saturated rings. The summed E-state index contributed by atoms with van der Waals surface area (Å²) in [5, 5.41) is 2.88. The highest BCUT2D eigenvalue weighted by Gasteiger charge is 2.19. The fourth-order valence-corrected chi connectivity index (χ4v) is 2.03. The van der Waals surface area contributed by atoms with Gasteiger partial charge < -0.3 is 20.5 Å². The highest BCUT2D eigenvalue weighted by molar-refractivity contribution is 5.79. The molecule has 1 amide bonds. The average molecular weight is 264 g/mol. The van der Waals surface area contributed by atoms with E-state index in [1.807, 2.05) is 25.1 Å². The van der Waals surface area contributed by atoms with Crippen LogP contribution in [0.2, 0.25) is 0 Å². The second-order valence-corrected chi connectivity index (χ2v) is 4.62. The number of ether oxygens (including phenoxy) is 2. The maximum absolute atomic E-state index is 11.9. The number of carbonyl (C=O) groups excluding carboxylic acids is 1. The summed E-state index contributed by atoms with van der Waals surface area (Å²) in [7, 11) is 0. The summed E-state index contributed by atoms with van der Waals surface area (Å²) >= 11 is 0. The van der Waals surface area contributed by atoms with Gasteiger partial charge in [-0.1, -0.05) is 13.0 Å². The van der Waals surface area contributed by atoms with Gasteiger partial charge in [-0.15, -0.1) is 0 Å². The first kappa shape index (κ1) is 13.7. The quantitative estimate of drug-likeness (QED) is 0.805. The molecule has 1 heterocycles. The van der Waals surface area contributed by atoms with Gasteiger partial charge in [-0.25, -0.2) is 0 Å². The van der Waals surface area contributed by atoms with Crippen LogP contribution < -0.4 is 20.5 Å². The lowest BCUT2D eigenvalue weighted by Gasteiger charge is -2.14. The molecule has 0 spiro atoms. The van der Waals surface area contributed by atoms with Crippen LogP contribution in [0.4, 0.5) is 0 Å². The smallest absolute Gasteiger partial charge is 0.231 e. The Morgan fingerprint density at radius 3 is 2.95 bits per heavy atom. The molecule has 0 bridgehead atoms. The Hall–Kier alpha value is -1.75. The van der Waals surface area contributed by atoms with Gasteiger partial charge in [-0.3, -0.25) is 4.79 Å². The van der Waals surface area contributed by atoms with E-state index in [1.165, 1.54) is 0 Å². The van der Waals surface area contributed by atoms with Crippen LogP contribution in [-0.4, -0.2) is 25.8 Å². The summed E-state index contributed by atoms with van der Waals surface area (Å²) in [4.78, 5) is 11.9. The normalized spacial score (nSPS) is 14.2. The molecule has 0 saturated carbocycles. The second-order valence-electron chi connectivity index (χ2n) is 4.62. The molecule has 1 unspecified atom stereocenters. The summed E-state index contributed by atoms with van der Waals surface area (Å²) < 4.78 is 10.6. The average Bonchev–Trinajstić information content (AvgIpc) is 2.89. The van der Waals surface area contributed by atoms with Crippen molar-refractivity contribution in [2.75, 3.05) is 19.9 Å². The van der Waals surface area contributed by atoms with E-state index in [4.69, 9.17) is 15.2 Å². The predicted octanol–water partition coefficient (Wildman–Crippen LogP) is 1.06. The molecule has 1 atom stereocenters. The van der Waals surface area contributed by atoms with Gasteiger partial charge in [0.05, 0.1) is 5.92 Å². The summed E-state index contributed by atoms with van der Waals surface area (Å²) in [6, 6.07) is 5.73. The maximum atomic E-state index is 11.9. The zero-order valence-corrected chi connectivity index (χ0v) is 11.1. The lowest BCUT2D eigenvalue weighted by molar-refractivity contribution is -0.124. The lowest BCUT2D eigenvalue weighted by atomic mass is 9.98. The first-order valence-corrected chi connectivity index (χ1v) is 6.61. The van der Waals surface area contributed by atoms with Crippen LogP contribution in [0.25, 0.3) is 0 Å². The number of nitrogens with two attached hydrogens (primary N) is 1. The molecule has 2 rings (SSSR count). The number of nitrogens with one attached hydrogen (secondary N) is 1. The third kappa shape index (κ3) is 3.38. The van der Waals surface area contributed by atoms with Crippen molar-refractivity contribution in [3.05, 3.63) is 23.8 Å². The largest absolute Gasteiger partial charge is 0.454 e. The molecule has 0 aromatic heterocycles. The first-order chi connectivity index (χ1) is 9.24. The van der Waals surface area contributed by atoms with E-state index in [1.54, 1.807) is 0 Å². The second kappa shape index (κ2) is 6.43. The number of hydrogen-bond acceptors (Lipinski definition) is 4. The van der Waals surface area contributed by atoms with Gasteiger partial charge in [0.2, 0.25) is 12.7 Å². The van der Waals surface area contributed by atoms with Crippen LogP contribution in [0.3, 0.4) is 0 Å². The topological polar surface area (TPSA) is 73.6 Å². The molecule has 1 aliphatic rings. The van der Waals surface area contributed by atoms with Crippen molar-refractivity contribution >= 4 is 5.91 Å². The minimum absolute atomic E-state index is 0.0158. The van der Waals surface area contributed by atoms with Crippen molar-refractivity contribution in [2.24, 2.45) is 11.7 Å². The number of amides is 1. The molecule has 1 aliphatic heterocycles. The van der Waals surface area contributed by atoms with Gasteiger partial charge >= 0.3 is 0 Å². The van der Waals surface area contributed by atoms with Crippen LogP contribution in [0.1, 0.15) is 18.9 Å². The minimum Gasteiger partial charge on any atom is -0.454 e. The molecular weight excluding hydrogens is 244 g/mol. The van der Waals surface area contributed by atoms with Crippen LogP contribution in [-0.2, 0) is 11.2 Å². The molecule has 1 aromatic rings. The molecule has 0 radical (unpaired) electrons. The number of carbonyl (C=O) groups is 1. The molecule has 0 aliphatic carbocycles. The van der Waals surface area contributed by atoms with Gasteiger partial charge in [0.15, 0.2) is 11.5 Å².